The highest BCUT2D eigenvalue weighted by atomic mass is 35.5. The standard InChI is InChI=1S/C17H21Cl2N3O2/c1-2-17-21-13-7-11(18)12(19)8-15(13)22(17)9-10(23)6-14-16(24)4-3-5-20-14/h7-8,14,16,20,24H,2-6,9H2,1H3/t14-,16+/m1/s1. The number of benzene rings is 1. The van der Waals surface area contributed by atoms with Gasteiger partial charge in [-0.15, -0.1) is 0 Å². The summed E-state index contributed by atoms with van der Waals surface area (Å²) in [5.41, 5.74) is 1.55. The van der Waals surface area contributed by atoms with E-state index in [2.05, 4.69) is 10.3 Å². The zero-order valence-corrected chi connectivity index (χ0v) is 15.1. The van der Waals surface area contributed by atoms with Gasteiger partial charge in [0.05, 0.1) is 33.7 Å². The number of imidazole rings is 1. The van der Waals surface area contributed by atoms with Crippen LogP contribution in [-0.2, 0) is 17.8 Å². The van der Waals surface area contributed by atoms with Gasteiger partial charge < -0.3 is 15.0 Å². The van der Waals surface area contributed by atoms with Crippen molar-refractivity contribution >= 4 is 40.0 Å². The van der Waals surface area contributed by atoms with Crippen LogP contribution in [0.1, 0.15) is 32.0 Å². The second kappa shape index (κ2) is 7.40. The number of hydrogen-bond donors (Lipinski definition) is 2. The van der Waals surface area contributed by atoms with Crippen molar-refractivity contribution < 1.29 is 9.90 Å². The minimum Gasteiger partial charge on any atom is -0.391 e. The summed E-state index contributed by atoms with van der Waals surface area (Å²) in [5.74, 6) is 0.891. The topological polar surface area (TPSA) is 67.2 Å². The molecule has 1 saturated heterocycles. The number of rotatable bonds is 5. The van der Waals surface area contributed by atoms with Crippen LogP contribution in [0.3, 0.4) is 0 Å². The number of carbonyl (C=O) groups is 1. The molecule has 2 aromatic rings. The number of halogens is 2. The van der Waals surface area contributed by atoms with E-state index in [0.29, 0.717) is 22.9 Å². The van der Waals surface area contributed by atoms with Crippen LogP contribution in [0, 0.1) is 0 Å². The van der Waals surface area contributed by atoms with Crippen LogP contribution >= 0.6 is 23.2 Å². The van der Waals surface area contributed by atoms with Gasteiger partial charge in [-0.2, -0.15) is 0 Å². The molecule has 1 aromatic carbocycles. The Kier molecular flexibility index (Phi) is 5.45. The van der Waals surface area contributed by atoms with Crippen molar-refractivity contribution in [2.24, 2.45) is 0 Å². The molecule has 2 N–H and O–H groups in total. The molecule has 5 nitrogen and oxygen atoms in total. The Bertz CT molecular complexity index is 760. The highest BCUT2D eigenvalue weighted by molar-refractivity contribution is 6.42. The number of aliphatic hydroxyl groups is 1. The zero-order valence-electron chi connectivity index (χ0n) is 13.6. The average Bonchev–Trinajstić information content (AvgIpc) is 2.87. The summed E-state index contributed by atoms with van der Waals surface area (Å²) in [6.07, 6.45) is 2.25. The minimum atomic E-state index is -0.457. The van der Waals surface area contributed by atoms with Crippen molar-refractivity contribution in [2.75, 3.05) is 6.54 Å². The third kappa shape index (κ3) is 3.59. The molecule has 0 amide bonds. The summed E-state index contributed by atoms with van der Waals surface area (Å²) in [6.45, 7) is 3.07. The molecule has 0 bridgehead atoms. The van der Waals surface area contributed by atoms with Crippen molar-refractivity contribution in [2.45, 2.75) is 51.3 Å². The van der Waals surface area contributed by atoms with Gasteiger partial charge in [0.2, 0.25) is 0 Å². The molecule has 7 heteroatoms. The molecule has 1 aromatic heterocycles. The summed E-state index contributed by atoms with van der Waals surface area (Å²) < 4.78 is 1.90. The fourth-order valence-electron chi connectivity index (χ4n) is 3.25. The van der Waals surface area contributed by atoms with E-state index in [1.807, 2.05) is 11.5 Å². The molecular formula is C17H21Cl2N3O2. The molecule has 0 aliphatic carbocycles. The summed E-state index contributed by atoms with van der Waals surface area (Å²) >= 11 is 12.2. The van der Waals surface area contributed by atoms with Gasteiger partial charge in [0, 0.05) is 18.9 Å². The van der Waals surface area contributed by atoms with Crippen LogP contribution in [0.25, 0.3) is 11.0 Å². The van der Waals surface area contributed by atoms with Crippen LogP contribution in [-0.4, -0.2) is 39.1 Å². The van der Waals surface area contributed by atoms with E-state index in [0.717, 1.165) is 36.2 Å². The predicted octanol–water partition coefficient (Wildman–Crippen LogP) is 2.98. The van der Waals surface area contributed by atoms with Crippen molar-refractivity contribution in [3.8, 4) is 0 Å². The number of piperidine rings is 1. The highest BCUT2D eigenvalue weighted by Crippen LogP contribution is 2.28. The summed E-state index contributed by atoms with van der Waals surface area (Å²) in [6, 6.07) is 3.32. The van der Waals surface area contributed by atoms with E-state index in [9.17, 15) is 9.90 Å². The van der Waals surface area contributed by atoms with Gasteiger partial charge in [-0.3, -0.25) is 4.79 Å². The lowest BCUT2D eigenvalue weighted by Gasteiger charge is -2.28. The van der Waals surface area contributed by atoms with Crippen LogP contribution in [0.5, 0.6) is 0 Å². The average molecular weight is 370 g/mol. The van der Waals surface area contributed by atoms with Crippen molar-refractivity contribution in [1.29, 1.82) is 0 Å². The third-order valence-electron chi connectivity index (χ3n) is 4.52. The monoisotopic (exact) mass is 369 g/mol. The fourth-order valence-corrected chi connectivity index (χ4v) is 3.56. The first-order chi connectivity index (χ1) is 11.5. The number of carbonyl (C=O) groups excluding carboxylic acids is 1. The van der Waals surface area contributed by atoms with Crippen molar-refractivity contribution in [3.63, 3.8) is 0 Å². The van der Waals surface area contributed by atoms with Crippen molar-refractivity contribution in [3.05, 3.63) is 28.0 Å². The first-order valence-electron chi connectivity index (χ1n) is 8.27. The summed E-state index contributed by atoms with van der Waals surface area (Å²) in [7, 11) is 0. The van der Waals surface area contributed by atoms with E-state index >= 15 is 0 Å². The molecule has 1 aliphatic heterocycles. The minimum absolute atomic E-state index is 0.0634. The molecule has 130 valence electrons. The van der Waals surface area contributed by atoms with Gasteiger partial charge >= 0.3 is 0 Å². The SMILES string of the molecule is CCc1nc2cc(Cl)c(Cl)cc2n1CC(=O)C[C@H]1NCCC[C@@H]1O. The van der Waals surface area contributed by atoms with E-state index in [1.165, 1.54) is 0 Å². The number of ketones is 1. The largest absolute Gasteiger partial charge is 0.391 e. The van der Waals surface area contributed by atoms with E-state index in [-0.39, 0.29) is 18.4 Å². The lowest BCUT2D eigenvalue weighted by Crippen LogP contribution is -2.46. The van der Waals surface area contributed by atoms with Crippen LogP contribution < -0.4 is 5.32 Å². The maximum absolute atomic E-state index is 12.5. The Morgan fingerprint density at radius 1 is 1.42 bits per heavy atom. The van der Waals surface area contributed by atoms with E-state index in [4.69, 9.17) is 23.2 Å². The maximum Gasteiger partial charge on any atom is 0.154 e. The lowest BCUT2D eigenvalue weighted by molar-refractivity contribution is -0.121. The van der Waals surface area contributed by atoms with Gasteiger partial charge in [0.15, 0.2) is 5.78 Å². The number of nitrogens with one attached hydrogen (secondary N) is 1. The normalized spacial score (nSPS) is 21.3. The number of aryl methyl sites for hydroxylation is 1. The number of Topliss-reactive ketones (excluding diaryl/α,β-unsaturated/α-hetero) is 1. The van der Waals surface area contributed by atoms with Crippen LogP contribution in [0.2, 0.25) is 10.0 Å². The third-order valence-corrected chi connectivity index (χ3v) is 5.24. The first kappa shape index (κ1) is 17.7. The van der Waals surface area contributed by atoms with Crippen LogP contribution in [0.4, 0.5) is 0 Å². The molecule has 0 spiro atoms. The fraction of sp³-hybridized carbons (Fsp3) is 0.529. The highest BCUT2D eigenvalue weighted by Gasteiger charge is 2.25. The lowest BCUT2D eigenvalue weighted by atomic mass is 9.97. The number of fused-ring (bicyclic) bond motifs is 1. The van der Waals surface area contributed by atoms with E-state index < -0.39 is 6.10 Å². The zero-order chi connectivity index (χ0) is 17.3. The molecule has 24 heavy (non-hydrogen) atoms. The predicted molar refractivity (Wildman–Crippen MR) is 95.8 cm³/mol. The summed E-state index contributed by atoms with van der Waals surface area (Å²) in [4.78, 5) is 17.1. The smallest absolute Gasteiger partial charge is 0.154 e. The number of hydrogen-bond acceptors (Lipinski definition) is 4. The molecule has 0 saturated carbocycles. The van der Waals surface area contributed by atoms with Gasteiger partial charge in [-0.25, -0.2) is 4.98 Å². The molecular weight excluding hydrogens is 349 g/mol. The van der Waals surface area contributed by atoms with Gasteiger partial charge in [0.25, 0.3) is 0 Å². The quantitative estimate of drug-likeness (QED) is 0.849. The number of aliphatic hydroxyl groups excluding tert-OH is 1. The van der Waals surface area contributed by atoms with Gasteiger partial charge in [0.1, 0.15) is 5.82 Å². The Morgan fingerprint density at radius 3 is 2.88 bits per heavy atom. The number of aromatic nitrogens is 2. The Balaban J connectivity index is 1.83. The van der Waals surface area contributed by atoms with Crippen LogP contribution in [0.15, 0.2) is 12.1 Å². The Labute approximate surface area is 151 Å². The maximum atomic E-state index is 12.5. The van der Waals surface area contributed by atoms with E-state index in [1.54, 1.807) is 12.1 Å². The molecule has 3 rings (SSSR count). The molecule has 2 heterocycles. The molecule has 2 atom stereocenters. The van der Waals surface area contributed by atoms with Gasteiger partial charge in [-0.1, -0.05) is 30.1 Å². The summed E-state index contributed by atoms with van der Waals surface area (Å²) in [5, 5.41) is 14.1. The first-order valence-corrected chi connectivity index (χ1v) is 9.02. The van der Waals surface area contributed by atoms with Crippen molar-refractivity contribution in [1.82, 2.24) is 14.9 Å². The Morgan fingerprint density at radius 2 is 2.17 bits per heavy atom. The molecule has 0 unspecified atom stereocenters. The molecule has 1 fully saturated rings. The Hall–Kier alpha value is -1.14. The number of nitrogens with zero attached hydrogens (tertiary/aromatic N) is 2. The molecule has 0 radical (unpaired) electrons. The molecule has 1 aliphatic rings. The second-order valence-corrected chi connectivity index (χ2v) is 7.05. The second-order valence-electron chi connectivity index (χ2n) is 6.24. The van der Waals surface area contributed by atoms with Gasteiger partial charge in [-0.05, 0) is 31.5 Å².